The molecule has 0 spiro atoms. The van der Waals surface area contributed by atoms with Crippen molar-refractivity contribution in [3.63, 3.8) is 0 Å². The fraction of sp³-hybridized carbons (Fsp3) is 0.550. The third-order valence-electron chi connectivity index (χ3n) is 5.70. The standard InChI is InChI=1S/C20H27N3OS/c1-22(2)15-4-3-9-23(10-7-15)20(24)14-5-6-18-16(12-14)17-13-25-11-8-19(17)21-18/h5-6,12,15,21H,3-4,7-11,13H2,1-2H3/t15-/m1/s1. The Balaban J connectivity index is 1.57. The minimum Gasteiger partial charge on any atom is -0.358 e. The maximum atomic E-state index is 13.1. The van der Waals surface area contributed by atoms with Crippen LogP contribution in [0.3, 0.4) is 0 Å². The number of hydrogen-bond acceptors (Lipinski definition) is 3. The van der Waals surface area contributed by atoms with Crippen molar-refractivity contribution in [3.8, 4) is 0 Å². The van der Waals surface area contributed by atoms with Gasteiger partial charge >= 0.3 is 0 Å². The van der Waals surface area contributed by atoms with Crippen molar-refractivity contribution in [2.24, 2.45) is 0 Å². The van der Waals surface area contributed by atoms with Crippen molar-refractivity contribution in [1.29, 1.82) is 0 Å². The number of carbonyl (C=O) groups is 1. The number of rotatable bonds is 2. The second-order valence-corrected chi connectivity index (χ2v) is 8.59. The highest BCUT2D eigenvalue weighted by atomic mass is 32.2. The Hall–Kier alpha value is -1.46. The van der Waals surface area contributed by atoms with Gasteiger partial charge in [-0.25, -0.2) is 0 Å². The smallest absolute Gasteiger partial charge is 0.253 e. The summed E-state index contributed by atoms with van der Waals surface area (Å²) >= 11 is 1.99. The molecule has 3 heterocycles. The maximum absolute atomic E-state index is 13.1. The molecule has 134 valence electrons. The minimum atomic E-state index is 0.194. The SMILES string of the molecule is CN(C)[C@@H]1CCCN(C(=O)c2ccc3[nH]c4c(c3c2)CSCC4)CC1. The highest BCUT2D eigenvalue weighted by Crippen LogP contribution is 2.32. The van der Waals surface area contributed by atoms with E-state index in [2.05, 4.69) is 41.0 Å². The third kappa shape index (κ3) is 3.32. The molecule has 1 N–H and O–H groups in total. The molecule has 0 radical (unpaired) electrons. The highest BCUT2D eigenvalue weighted by molar-refractivity contribution is 7.98. The second-order valence-electron chi connectivity index (χ2n) is 7.49. The Kier molecular flexibility index (Phi) is 4.78. The molecule has 1 fully saturated rings. The van der Waals surface area contributed by atoms with E-state index in [1.165, 1.54) is 34.3 Å². The van der Waals surface area contributed by atoms with Gasteiger partial charge in [0.05, 0.1) is 0 Å². The summed E-state index contributed by atoms with van der Waals surface area (Å²) in [6.45, 7) is 1.74. The predicted molar refractivity (Wildman–Crippen MR) is 105 cm³/mol. The number of nitrogens with zero attached hydrogens (tertiary/aromatic N) is 2. The molecule has 0 unspecified atom stereocenters. The number of aryl methyl sites for hydroxylation is 1. The molecule has 4 nitrogen and oxygen atoms in total. The van der Waals surface area contributed by atoms with Gasteiger partial charge in [-0.05, 0) is 69.3 Å². The van der Waals surface area contributed by atoms with E-state index in [-0.39, 0.29) is 5.91 Å². The van der Waals surface area contributed by atoms with Crippen LogP contribution in [0, 0.1) is 0 Å². The van der Waals surface area contributed by atoms with E-state index in [0.717, 1.165) is 43.7 Å². The molecule has 25 heavy (non-hydrogen) atoms. The zero-order chi connectivity index (χ0) is 17.4. The topological polar surface area (TPSA) is 39.3 Å². The average Bonchev–Trinajstić information content (AvgIpc) is 2.81. The number of hydrogen-bond donors (Lipinski definition) is 1. The number of likely N-dealkylation sites (tertiary alicyclic amines) is 1. The van der Waals surface area contributed by atoms with Crippen molar-refractivity contribution in [3.05, 3.63) is 35.0 Å². The van der Waals surface area contributed by atoms with Gasteiger partial charge in [-0.3, -0.25) is 4.79 Å². The van der Waals surface area contributed by atoms with E-state index in [0.29, 0.717) is 6.04 Å². The van der Waals surface area contributed by atoms with E-state index in [4.69, 9.17) is 0 Å². The lowest BCUT2D eigenvalue weighted by atomic mass is 10.1. The van der Waals surface area contributed by atoms with Gasteiger partial charge in [0.2, 0.25) is 0 Å². The number of H-pyrrole nitrogens is 1. The molecule has 0 bridgehead atoms. The Morgan fingerprint density at radius 1 is 1.28 bits per heavy atom. The predicted octanol–water partition coefficient (Wildman–Crippen LogP) is 3.51. The van der Waals surface area contributed by atoms with E-state index in [9.17, 15) is 4.79 Å². The number of nitrogens with one attached hydrogen (secondary N) is 1. The van der Waals surface area contributed by atoms with Crippen molar-refractivity contribution >= 4 is 28.6 Å². The Labute approximate surface area is 153 Å². The van der Waals surface area contributed by atoms with Gasteiger partial charge in [0.1, 0.15) is 0 Å². The number of fused-ring (bicyclic) bond motifs is 3. The summed E-state index contributed by atoms with van der Waals surface area (Å²) in [4.78, 5) is 21.0. The molecule has 1 aromatic carbocycles. The number of carbonyl (C=O) groups excluding carboxylic acids is 1. The van der Waals surface area contributed by atoms with Crippen molar-refractivity contribution in [1.82, 2.24) is 14.8 Å². The van der Waals surface area contributed by atoms with Crippen LogP contribution in [0.25, 0.3) is 10.9 Å². The first kappa shape index (κ1) is 17.0. The first-order valence-corrected chi connectivity index (χ1v) is 10.5. The van der Waals surface area contributed by atoms with E-state index in [1.807, 2.05) is 17.8 Å². The van der Waals surface area contributed by atoms with Gasteiger partial charge < -0.3 is 14.8 Å². The lowest BCUT2D eigenvalue weighted by Crippen LogP contribution is -2.33. The van der Waals surface area contributed by atoms with E-state index < -0.39 is 0 Å². The molecular weight excluding hydrogens is 330 g/mol. The monoisotopic (exact) mass is 357 g/mol. The average molecular weight is 358 g/mol. The Bertz CT molecular complexity index is 783. The number of benzene rings is 1. The molecule has 0 aliphatic carbocycles. The minimum absolute atomic E-state index is 0.194. The van der Waals surface area contributed by atoms with Crippen molar-refractivity contribution in [2.75, 3.05) is 32.9 Å². The summed E-state index contributed by atoms with van der Waals surface area (Å²) in [6, 6.07) is 6.79. The summed E-state index contributed by atoms with van der Waals surface area (Å²) < 4.78 is 0. The molecule has 1 aromatic heterocycles. The van der Waals surface area contributed by atoms with Crippen LogP contribution in [0.1, 0.15) is 40.9 Å². The van der Waals surface area contributed by atoms with Crippen molar-refractivity contribution in [2.45, 2.75) is 37.5 Å². The van der Waals surface area contributed by atoms with Crippen LogP contribution in [0.5, 0.6) is 0 Å². The van der Waals surface area contributed by atoms with Crippen molar-refractivity contribution < 1.29 is 4.79 Å². The summed E-state index contributed by atoms with van der Waals surface area (Å²) in [5.41, 5.74) is 4.78. The van der Waals surface area contributed by atoms with Crippen LogP contribution in [0.15, 0.2) is 18.2 Å². The van der Waals surface area contributed by atoms with Crippen LogP contribution < -0.4 is 0 Å². The van der Waals surface area contributed by atoms with Gasteiger partial charge in [-0.1, -0.05) is 0 Å². The Morgan fingerprint density at radius 3 is 3.00 bits per heavy atom. The Morgan fingerprint density at radius 2 is 2.16 bits per heavy atom. The first-order valence-electron chi connectivity index (χ1n) is 9.30. The normalized spacial score (nSPS) is 21.4. The zero-order valence-corrected chi connectivity index (χ0v) is 16.0. The molecule has 2 aromatic rings. The number of aromatic nitrogens is 1. The summed E-state index contributed by atoms with van der Waals surface area (Å²) in [5.74, 6) is 2.44. The van der Waals surface area contributed by atoms with Gasteiger partial charge in [0.15, 0.2) is 0 Å². The molecular formula is C20H27N3OS. The molecule has 1 atom stereocenters. The lowest BCUT2D eigenvalue weighted by Gasteiger charge is -2.23. The van der Waals surface area contributed by atoms with Gasteiger partial charge in [0, 0.05) is 47.0 Å². The van der Waals surface area contributed by atoms with Crippen LogP contribution in [0.4, 0.5) is 0 Å². The van der Waals surface area contributed by atoms with E-state index >= 15 is 0 Å². The number of thioether (sulfide) groups is 1. The first-order chi connectivity index (χ1) is 12.1. The molecule has 1 amide bonds. The largest absolute Gasteiger partial charge is 0.358 e. The third-order valence-corrected chi connectivity index (χ3v) is 6.68. The van der Waals surface area contributed by atoms with Crippen LogP contribution >= 0.6 is 11.8 Å². The number of amides is 1. The number of aromatic amines is 1. The highest BCUT2D eigenvalue weighted by Gasteiger charge is 2.23. The van der Waals surface area contributed by atoms with Crippen LogP contribution in [0.2, 0.25) is 0 Å². The summed E-state index contributed by atoms with van der Waals surface area (Å²) in [5, 5.41) is 1.24. The van der Waals surface area contributed by atoms with Gasteiger partial charge in [-0.15, -0.1) is 0 Å². The van der Waals surface area contributed by atoms with E-state index in [1.54, 1.807) is 0 Å². The van der Waals surface area contributed by atoms with Gasteiger partial charge in [0.25, 0.3) is 5.91 Å². The molecule has 1 saturated heterocycles. The molecule has 5 heteroatoms. The lowest BCUT2D eigenvalue weighted by molar-refractivity contribution is 0.0759. The molecule has 0 saturated carbocycles. The molecule has 2 aliphatic heterocycles. The molecule has 2 aliphatic rings. The summed E-state index contributed by atoms with van der Waals surface area (Å²) in [7, 11) is 4.28. The van der Waals surface area contributed by atoms with Crippen LogP contribution in [-0.4, -0.2) is 59.7 Å². The fourth-order valence-electron chi connectivity index (χ4n) is 4.14. The van der Waals surface area contributed by atoms with Crippen LogP contribution in [-0.2, 0) is 12.2 Å². The summed E-state index contributed by atoms with van der Waals surface area (Å²) in [6.07, 6.45) is 4.44. The maximum Gasteiger partial charge on any atom is 0.253 e. The fourth-order valence-corrected chi connectivity index (χ4v) is 5.17. The van der Waals surface area contributed by atoms with Gasteiger partial charge in [-0.2, -0.15) is 11.8 Å². The quantitative estimate of drug-likeness (QED) is 0.894. The molecule has 4 rings (SSSR count). The zero-order valence-electron chi connectivity index (χ0n) is 15.2. The second kappa shape index (κ2) is 7.04.